The molecule has 54 valence electrons. The molecule has 1 rings (SSSR count). The second-order valence-corrected chi connectivity index (χ2v) is 2.25. The Morgan fingerprint density at radius 3 is 3.10 bits per heavy atom. The maximum atomic E-state index is 10.8. The number of carbonyl (C=O) groups is 1. The van der Waals surface area contributed by atoms with Gasteiger partial charge in [-0.05, 0) is 0 Å². The molecule has 0 aromatic carbocycles. The third-order valence-electron chi connectivity index (χ3n) is 1.47. The van der Waals surface area contributed by atoms with Gasteiger partial charge in [0.15, 0.2) is 6.10 Å². The Morgan fingerprint density at radius 2 is 2.60 bits per heavy atom. The molecule has 3 nitrogen and oxygen atoms in total. The van der Waals surface area contributed by atoms with Gasteiger partial charge in [-0.3, -0.25) is 0 Å². The molecular formula is C7H9NO2. The van der Waals surface area contributed by atoms with Gasteiger partial charge in [-0.25, -0.2) is 4.79 Å². The summed E-state index contributed by atoms with van der Waals surface area (Å²) < 4.78 is 4.80. The maximum absolute atomic E-state index is 10.8. The van der Waals surface area contributed by atoms with Crippen LogP contribution in [0.4, 0.5) is 4.79 Å². The van der Waals surface area contributed by atoms with Crippen LogP contribution in [-0.4, -0.2) is 30.7 Å². The molecule has 0 aromatic heterocycles. The van der Waals surface area contributed by atoms with Gasteiger partial charge in [-0.2, -0.15) is 0 Å². The zero-order valence-electron chi connectivity index (χ0n) is 5.83. The van der Waals surface area contributed by atoms with E-state index in [0.717, 1.165) is 6.42 Å². The molecule has 1 fully saturated rings. The highest BCUT2D eigenvalue weighted by atomic mass is 16.6. The summed E-state index contributed by atoms with van der Waals surface area (Å²) in [7, 11) is 1.69. The molecular weight excluding hydrogens is 130 g/mol. The fraction of sp³-hybridized carbons (Fsp3) is 0.571. The standard InChI is InChI=1S/C7H9NO2/c1-3-6-4-5-8(2)7(9)10-6/h1,6H,4-5H2,2H3. The molecule has 3 heteroatoms. The highest BCUT2D eigenvalue weighted by Gasteiger charge is 2.21. The van der Waals surface area contributed by atoms with Crippen LogP contribution in [0.3, 0.4) is 0 Å². The predicted molar refractivity (Wildman–Crippen MR) is 36.3 cm³/mol. The normalized spacial score (nSPS) is 25.4. The SMILES string of the molecule is C#CC1CCN(C)C(=O)O1. The molecule has 0 bridgehead atoms. The monoisotopic (exact) mass is 139 g/mol. The smallest absolute Gasteiger partial charge is 0.410 e. The van der Waals surface area contributed by atoms with Crippen LogP contribution in [0, 0.1) is 12.3 Å². The molecule has 0 N–H and O–H groups in total. The van der Waals surface area contributed by atoms with Crippen LogP contribution in [0.25, 0.3) is 0 Å². The first-order chi connectivity index (χ1) is 4.74. The van der Waals surface area contributed by atoms with Crippen molar-refractivity contribution in [3.8, 4) is 12.3 Å². The minimum Gasteiger partial charge on any atom is -0.433 e. The van der Waals surface area contributed by atoms with Gasteiger partial charge < -0.3 is 9.64 Å². The van der Waals surface area contributed by atoms with Crippen molar-refractivity contribution in [1.82, 2.24) is 4.90 Å². The Hall–Kier alpha value is -1.17. The summed E-state index contributed by atoms with van der Waals surface area (Å²) in [5.41, 5.74) is 0. The minimum absolute atomic E-state index is 0.316. The number of hydrogen-bond acceptors (Lipinski definition) is 2. The van der Waals surface area contributed by atoms with Crippen molar-refractivity contribution < 1.29 is 9.53 Å². The van der Waals surface area contributed by atoms with Gasteiger partial charge >= 0.3 is 6.09 Å². The average molecular weight is 139 g/mol. The quantitative estimate of drug-likeness (QED) is 0.456. The minimum atomic E-state index is -0.325. The first kappa shape index (κ1) is 6.94. The summed E-state index contributed by atoms with van der Waals surface area (Å²) >= 11 is 0. The number of rotatable bonds is 0. The Labute approximate surface area is 60.0 Å². The van der Waals surface area contributed by atoms with Gasteiger partial charge in [0.1, 0.15) is 0 Å². The number of cyclic esters (lactones) is 1. The highest BCUT2D eigenvalue weighted by molar-refractivity contribution is 5.68. The third-order valence-corrected chi connectivity index (χ3v) is 1.47. The summed E-state index contributed by atoms with van der Waals surface area (Å²) in [5, 5.41) is 0. The first-order valence-electron chi connectivity index (χ1n) is 3.12. The van der Waals surface area contributed by atoms with E-state index in [1.807, 2.05) is 0 Å². The molecule has 1 amide bonds. The second kappa shape index (κ2) is 2.61. The molecule has 1 heterocycles. The number of carbonyl (C=O) groups excluding carboxylic acids is 1. The lowest BCUT2D eigenvalue weighted by molar-refractivity contribution is 0.0576. The van der Waals surface area contributed by atoms with Crippen LogP contribution in [0.15, 0.2) is 0 Å². The summed E-state index contributed by atoms with van der Waals surface area (Å²) in [5.74, 6) is 2.39. The van der Waals surface area contributed by atoms with Crippen LogP contribution in [0.5, 0.6) is 0 Å². The molecule has 0 spiro atoms. The fourth-order valence-corrected chi connectivity index (χ4v) is 0.790. The average Bonchev–Trinajstić information content (AvgIpc) is 1.95. The van der Waals surface area contributed by atoms with E-state index in [2.05, 4.69) is 5.92 Å². The largest absolute Gasteiger partial charge is 0.433 e. The molecule has 0 aromatic rings. The Morgan fingerprint density at radius 1 is 1.90 bits per heavy atom. The maximum Gasteiger partial charge on any atom is 0.410 e. The summed E-state index contributed by atoms with van der Waals surface area (Å²) in [4.78, 5) is 12.3. The Bertz CT molecular complexity index is 183. The second-order valence-electron chi connectivity index (χ2n) is 2.25. The van der Waals surface area contributed by atoms with E-state index in [0.29, 0.717) is 6.54 Å². The molecule has 1 saturated heterocycles. The lowest BCUT2D eigenvalue weighted by Gasteiger charge is -2.25. The number of terminal acetylenes is 1. The topological polar surface area (TPSA) is 29.5 Å². The highest BCUT2D eigenvalue weighted by Crippen LogP contribution is 2.08. The third kappa shape index (κ3) is 1.21. The molecule has 1 atom stereocenters. The summed E-state index contributed by atoms with van der Waals surface area (Å²) in [6.45, 7) is 0.688. The van der Waals surface area contributed by atoms with Gasteiger partial charge in [-0.15, -0.1) is 6.42 Å². The zero-order valence-corrected chi connectivity index (χ0v) is 5.83. The number of nitrogens with zero attached hydrogens (tertiary/aromatic N) is 1. The van der Waals surface area contributed by atoms with E-state index >= 15 is 0 Å². The molecule has 10 heavy (non-hydrogen) atoms. The van der Waals surface area contributed by atoms with Crippen molar-refractivity contribution in [3.63, 3.8) is 0 Å². The molecule has 0 saturated carbocycles. The lowest BCUT2D eigenvalue weighted by Crippen LogP contribution is -2.38. The number of ether oxygens (including phenoxy) is 1. The van der Waals surface area contributed by atoms with E-state index in [-0.39, 0.29) is 12.2 Å². The van der Waals surface area contributed by atoms with Crippen LogP contribution < -0.4 is 0 Å². The number of amides is 1. The van der Waals surface area contributed by atoms with Crippen molar-refractivity contribution in [2.24, 2.45) is 0 Å². The van der Waals surface area contributed by atoms with E-state index < -0.39 is 0 Å². The van der Waals surface area contributed by atoms with Gasteiger partial charge in [0, 0.05) is 20.0 Å². The van der Waals surface area contributed by atoms with E-state index in [1.165, 1.54) is 4.90 Å². The van der Waals surface area contributed by atoms with Gasteiger partial charge in [0.05, 0.1) is 0 Å². The zero-order chi connectivity index (χ0) is 7.56. The fourth-order valence-electron chi connectivity index (χ4n) is 0.790. The molecule has 0 radical (unpaired) electrons. The van der Waals surface area contributed by atoms with Crippen LogP contribution in [0.2, 0.25) is 0 Å². The van der Waals surface area contributed by atoms with Crippen molar-refractivity contribution in [3.05, 3.63) is 0 Å². The van der Waals surface area contributed by atoms with Gasteiger partial charge in [0.25, 0.3) is 0 Å². The van der Waals surface area contributed by atoms with Crippen molar-refractivity contribution >= 4 is 6.09 Å². The van der Waals surface area contributed by atoms with E-state index in [1.54, 1.807) is 7.05 Å². The van der Waals surface area contributed by atoms with Crippen LogP contribution in [-0.2, 0) is 4.74 Å². The predicted octanol–water partition coefficient (Wildman–Crippen LogP) is 0.460. The Balaban J connectivity index is 2.50. The molecule has 0 aliphatic carbocycles. The number of hydrogen-bond donors (Lipinski definition) is 0. The van der Waals surface area contributed by atoms with Crippen molar-refractivity contribution in [2.75, 3.05) is 13.6 Å². The van der Waals surface area contributed by atoms with Gasteiger partial charge in [0.2, 0.25) is 0 Å². The van der Waals surface area contributed by atoms with Crippen molar-refractivity contribution in [2.45, 2.75) is 12.5 Å². The molecule has 1 aliphatic rings. The summed E-state index contributed by atoms with van der Waals surface area (Å²) in [6.07, 6.45) is 5.16. The van der Waals surface area contributed by atoms with E-state index in [4.69, 9.17) is 11.2 Å². The molecule has 1 unspecified atom stereocenters. The van der Waals surface area contributed by atoms with Crippen LogP contribution in [0.1, 0.15) is 6.42 Å². The summed E-state index contributed by atoms with van der Waals surface area (Å²) in [6, 6.07) is 0. The van der Waals surface area contributed by atoms with E-state index in [9.17, 15) is 4.79 Å². The van der Waals surface area contributed by atoms with Gasteiger partial charge in [-0.1, -0.05) is 5.92 Å². The van der Waals surface area contributed by atoms with Crippen molar-refractivity contribution in [1.29, 1.82) is 0 Å². The first-order valence-corrected chi connectivity index (χ1v) is 3.12. The molecule has 1 aliphatic heterocycles. The van der Waals surface area contributed by atoms with Crippen LogP contribution >= 0.6 is 0 Å². The Kier molecular flexibility index (Phi) is 1.81. The lowest BCUT2D eigenvalue weighted by atomic mass is 10.2.